The molecule has 318 valence electrons. The zero-order valence-corrected chi connectivity index (χ0v) is 35.9. The van der Waals surface area contributed by atoms with Crippen LogP contribution >= 0.6 is 11.6 Å². The first-order valence-corrected chi connectivity index (χ1v) is 21.6. The number of aryl methyl sites for hydroxylation is 3. The standard InChI is InChI=1S/C51H51ClN4O6/c1-34-29-40(30-35(2)47(34)52)62-26-8-14-45-44-13-7-12-43(48(44)56(49(45)51(59)60)23-22-54-24-27-61-28-25-54)41-10-4-3-9-38(41)31-55-32-39(42-11-5-6-15-46(42)55)20-21-53-50(58)37-18-16-36(33-57)17-19-37/h3-7,9-13,15-19,29-30,32-33H,8,14,20-28,31H2,1-2H3,(H,53,58)(H,59,60). The molecule has 1 aliphatic heterocycles. The fraction of sp³-hybridized carbons (Fsp3) is 0.275. The number of benzene rings is 5. The van der Waals surface area contributed by atoms with Gasteiger partial charge in [0.15, 0.2) is 0 Å². The molecular weight excluding hydrogens is 800 g/mol. The number of carbonyl (C=O) groups excluding carboxylic acids is 2. The van der Waals surface area contributed by atoms with E-state index in [1.807, 2.05) is 54.8 Å². The highest BCUT2D eigenvalue weighted by atomic mass is 35.5. The molecule has 2 aromatic heterocycles. The second kappa shape index (κ2) is 19.2. The van der Waals surface area contributed by atoms with Gasteiger partial charge in [0.2, 0.25) is 0 Å². The number of aldehydes is 1. The first-order valence-electron chi connectivity index (χ1n) is 21.3. The second-order valence-corrected chi connectivity index (χ2v) is 16.3. The van der Waals surface area contributed by atoms with E-state index in [2.05, 4.69) is 63.4 Å². The average Bonchev–Trinajstić information content (AvgIpc) is 3.81. The molecule has 0 aliphatic carbocycles. The summed E-state index contributed by atoms with van der Waals surface area (Å²) in [4.78, 5) is 39.7. The highest BCUT2D eigenvalue weighted by Gasteiger charge is 2.26. The molecule has 7 aromatic rings. The summed E-state index contributed by atoms with van der Waals surface area (Å²) in [7, 11) is 0. The third-order valence-electron chi connectivity index (χ3n) is 11.9. The lowest BCUT2D eigenvalue weighted by Gasteiger charge is -2.27. The van der Waals surface area contributed by atoms with Crippen molar-refractivity contribution in [1.82, 2.24) is 19.4 Å². The number of ether oxygens (including phenoxy) is 2. The normalized spacial score (nSPS) is 13.1. The number of nitrogens with one attached hydrogen (secondary N) is 1. The Morgan fingerprint density at radius 2 is 1.55 bits per heavy atom. The van der Waals surface area contributed by atoms with Gasteiger partial charge in [-0.15, -0.1) is 0 Å². The number of aromatic carboxylic acids is 1. The highest BCUT2D eigenvalue weighted by molar-refractivity contribution is 6.32. The first-order chi connectivity index (χ1) is 30.2. The molecule has 10 nitrogen and oxygen atoms in total. The van der Waals surface area contributed by atoms with Crippen molar-refractivity contribution in [2.24, 2.45) is 0 Å². The third kappa shape index (κ3) is 9.18. The van der Waals surface area contributed by atoms with Crippen LogP contribution in [-0.2, 0) is 30.7 Å². The van der Waals surface area contributed by atoms with Crippen LogP contribution in [0.25, 0.3) is 32.9 Å². The SMILES string of the molecule is Cc1cc(OCCCc2c(C(=O)O)n(CCN3CCOCC3)c3c(-c4ccccc4Cn4cc(CCNC(=O)c5ccc(C=O)cc5)c5ccccc54)cccc23)cc(C)c1Cl. The Labute approximate surface area is 366 Å². The van der Waals surface area contributed by atoms with Crippen LogP contribution in [0.4, 0.5) is 0 Å². The van der Waals surface area contributed by atoms with Crippen LogP contribution in [0.3, 0.4) is 0 Å². The van der Waals surface area contributed by atoms with E-state index in [-0.39, 0.29) is 5.91 Å². The molecule has 0 saturated carbocycles. The Balaban J connectivity index is 1.11. The van der Waals surface area contributed by atoms with Gasteiger partial charge in [0, 0.05) is 83.5 Å². The maximum absolute atomic E-state index is 13.4. The van der Waals surface area contributed by atoms with E-state index >= 15 is 0 Å². The van der Waals surface area contributed by atoms with Crippen molar-refractivity contribution < 1.29 is 29.0 Å². The van der Waals surface area contributed by atoms with Crippen molar-refractivity contribution in [2.75, 3.05) is 46.0 Å². The summed E-state index contributed by atoms with van der Waals surface area (Å²) in [6.45, 7) is 9.54. The van der Waals surface area contributed by atoms with E-state index in [1.54, 1.807) is 24.3 Å². The monoisotopic (exact) mass is 850 g/mol. The van der Waals surface area contributed by atoms with Gasteiger partial charge < -0.3 is 29.0 Å². The molecule has 1 fully saturated rings. The molecule has 3 heterocycles. The molecule has 1 saturated heterocycles. The number of aromatic nitrogens is 2. The van der Waals surface area contributed by atoms with Crippen LogP contribution in [-0.4, -0.2) is 83.3 Å². The minimum Gasteiger partial charge on any atom is -0.494 e. The van der Waals surface area contributed by atoms with Gasteiger partial charge in [-0.2, -0.15) is 0 Å². The van der Waals surface area contributed by atoms with Gasteiger partial charge in [0.1, 0.15) is 17.7 Å². The number of hydrogen-bond acceptors (Lipinski definition) is 6. The predicted octanol–water partition coefficient (Wildman–Crippen LogP) is 9.41. The maximum Gasteiger partial charge on any atom is 0.352 e. The number of para-hydroxylation sites is 2. The zero-order chi connectivity index (χ0) is 43.2. The quantitative estimate of drug-likeness (QED) is 0.0694. The van der Waals surface area contributed by atoms with Crippen LogP contribution in [0.2, 0.25) is 5.02 Å². The minimum absolute atomic E-state index is 0.186. The Hall–Kier alpha value is -6.20. The molecular formula is C51H51ClN4O6. The van der Waals surface area contributed by atoms with Gasteiger partial charge in [0.05, 0.1) is 25.3 Å². The van der Waals surface area contributed by atoms with Crippen molar-refractivity contribution in [3.05, 3.63) is 159 Å². The molecule has 2 N–H and O–H groups in total. The third-order valence-corrected chi connectivity index (χ3v) is 12.5. The van der Waals surface area contributed by atoms with Crippen molar-refractivity contribution in [2.45, 2.75) is 46.2 Å². The van der Waals surface area contributed by atoms with Crippen molar-refractivity contribution in [3.8, 4) is 16.9 Å². The lowest BCUT2D eigenvalue weighted by Crippen LogP contribution is -2.38. The number of fused-ring (bicyclic) bond motifs is 2. The highest BCUT2D eigenvalue weighted by Crippen LogP contribution is 2.38. The molecule has 0 radical (unpaired) electrons. The number of carboxylic acids is 1. The number of carbonyl (C=O) groups is 3. The molecule has 0 atom stereocenters. The zero-order valence-electron chi connectivity index (χ0n) is 35.2. The molecule has 5 aromatic carbocycles. The summed E-state index contributed by atoms with van der Waals surface area (Å²) >= 11 is 6.41. The first kappa shape index (κ1) is 42.5. The molecule has 0 bridgehead atoms. The van der Waals surface area contributed by atoms with E-state index in [4.69, 9.17) is 21.1 Å². The van der Waals surface area contributed by atoms with Crippen LogP contribution in [0.1, 0.15) is 65.4 Å². The van der Waals surface area contributed by atoms with E-state index in [0.717, 1.165) is 90.9 Å². The average molecular weight is 851 g/mol. The molecule has 0 unspecified atom stereocenters. The Kier molecular flexibility index (Phi) is 13.2. The van der Waals surface area contributed by atoms with Crippen LogP contribution in [0.5, 0.6) is 5.75 Å². The largest absolute Gasteiger partial charge is 0.494 e. The number of morpholine rings is 1. The molecule has 62 heavy (non-hydrogen) atoms. The maximum atomic E-state index is 13.4. The summed E-state index contributed by atoms with van der Waals surface area (Å²) in [5, 5.41) is 16.8. The molecule has 1 amide bonds. The summed E-state index contributed by atoms with van der Waals surface area (Å²) in [6.07, 6.45) is 4.73. The van der Waals surface area contributed by atoms with Crippen molar-refractivity contribution >= 4 is 51.6 Å². The Morgan fingerprint density at radius 1 is 0.839 bits per heavy atom. The van der Waals surface area contributed by atoms with E-state index < -0.39 is 5.97 Å². The minimum atomic E-state index is -0.944. The molecule has 0 spiro atoms. The van der Waals surface area contributed by atoms with E-state index in [1.165, 1.54) is 0 Å². The number of carboxylic acid groups (broad SMARTS) is 1. The Morgan fingerprint density at radius 3 is 2.31 bits per heavy atom. The fourth-order valence-electron chi connectivity index (χ4n) is 8.80. The van der Waals surface area contributed by atoms with Gasteiger partial charge in [-0.05, 0) is 96.8 Å². The van der Waals surface area contributed by atoms with Gasteiger partial charge >= 0.3 is 5.97 Å². The number of halogens is 1. The van der Waals surface area contributed by atoms with Crippen LogP contribution in [0, 0.1) is 13.8 Å². The summed E-state index contributed by atoms with van der Waals surface area (Å²) in [5.74, 6) is -0.377. The molecule has 1 aliphatic rings. The fourth-order valence-corrected chi connectivity index (χ4v) is 8.91. The van der Waals surface area contributed by atoms with E-state index in [9.17, 15) is 19.5 Å². The molecule has 8 rings (SSSR count). The Bertz CT molecular complexity index is 2720. The van der Waals surface area contributed by atoms with Crippen molar-refractivity contribution in [3.63, 3.8) is 0 Å². The number of amides is 1. The lowest BCUT2D eigenvalue weighted by atomic mass is 9.96. The smallest absolute Gasteiger partial charge is 0.352 e. The number of rotatable bonds is 17. The second-order valence-electron chi connectivity index (χ2n) is 16.0. The van der Waals surface area contributed by atoms with Crippen molar-refractivity contribution in [1.29, 1.82) is 0 Å². The summed E-state index contributed by atoms with van der Waals surface area (Å²) in [6, 6.07) is 33.4. The van der Waals surface area contributed by atoms with Gasteiger partial charge in [-0.3, -0.25) is 14.5 Å². The topological polar surface area (TPSA) is 115 Å². The number of nitrogens with zero attached hydrogens (tertiary/aromatic N) is 3. The summed E-state index contributed by atoms with van der Waals surface area (Å²) in [5.41, 5.74) is 10.3. The van der Waals surface area contributed by atoms with E-state index in [0.29, 0.717) is 82.1 Å². The van der Waals surface area contributed by atoms with Crippen LogP contribution in [0.15, 0.2) is 109 Å². The molecule has 11 heteroatoms. The summed E-state index contributed by atoms with van der Waals surface area (Å²) < 4.78 is 16.1. The predicted molar refractivity (Wildman–Crippen MR) is 245 cm³/mol. The van der Waals surface area contributed by atoms with Gasteiger partial charge in [-0.25, -0.2) is 4.79 Å². The van der Waals surface area contributed by atoms with Gasteiger partial charge in [0.25, 0.3) is 5.91 Å². The van der Waals surface area contributed by atoms with Gasteiger partial charge in [-0.1, -0.05) is 84.4 Å². The lowest BCUT2D eigenvalue weighted by molar-refractivity contribution is 0.0362. The number of hydrogen-bond donors (Lipinski definition) is 2. The van der Waals surface area contributed by atoms with Crippen LogP contribution < -0.4 is 10.1 Å².